The van der Waals surface area contributed by atoms with E-state index in [4.69, 9.17) is 11.6 Å². The number of hydrogen-bond acceptors (Lipinski definition) is 4. The Balaban J connectivity index is 1.85. The lowest BCUT2D eigenvalue weighted by atomic mass is 10.3. The molecule has 0 saturated carbocycles. The summed E-state index contributed by atoms with van der Waals surface area (Å²) >= 11 is 5.81. The van der Waals surface area contributed by atoms with Crippen LogP contribution >= 0.6 is 11.6 Å². The Morgan fingerprint density at radius 2 is 1.81 bits per heavy atom. The highest BCUT2D eigenvalue weighted by Crippen LogP contribution is 2.18. The summed E-state index contributed by atoms with van der Waals surface area (Å²) in [6.07, 6.45) is 0. The summed E-state index contributed by atoms with van der Waals surface area (Å²) in [5.41, 5.74) is 0. The topological polar surface area (TPSA) is 100 Å². The minimum absolute atomic E-state index is 0.207. The van der Waals surface area contributed by atoms with Crippen molar-refractivity contribution >= 4 is 33.4 Å². The van der Waals surface area contributed by atoms with Crippen LogP contribution in [-0.2, 0) is 19.6 Å². The lowest BCUT2D eigenvalue weighted by molar-refractivity contribution is -0.895. The smallest absolute Gasteiger partial charge is 0.275 e. The maximum absolute atomic E-state index is 12.7. The van der Waals surface area contributed by atoms with Crippen LogP contribution < -0.4 is 15.5 Å². The van der Waals surface area contributed by atoms with E-state index in [1.807, 2.05) is 6.92 Å². The van der Waals surface area contributed by atoms with Crippen LogP contribution in [0, 0.1) is 0 Å². The van der Waals surface area contributed by atoms with Gasteiger partial charge in [-0.25, -0.2) is 8.42 Å². The first-order valence-corrected chi connectivity index (χ1v) is 10.7. The average molecular weight is 418 g/mol. The quantitative estimate of drug-likeness (QED) is 0.522. The Kier molecular flexibility index (Phi) is 7.60. The van der Waals surface area contributed by atoms with Gasteiger partial charge in [0.25, 0.3) is 5.91 Å². The first-order valence-electron chi connectivity index (χ1n) is 8.90. The number of nitrogens with zero attached hydrogens (tertiary/aromatic N) is 1. The Hall–Kier alpha value is -1.68. The molecule has 2 amide bonds. The van der Waals surface area contributed by atoms with E-state index >= 15 is 0 Å². The lowest BCUT2D eigenvalue weighted by Crippen LogP contribution is -3.15. The van der Waals surface area contributed by atoms with Gasteiger partial charge in [-0.3, -0.25) is 9.59 Å². The lowest BCUT2D eigenvalue weighted by Gasteiger charge is -2.31. The van der Waals surface area contributed by atoms with Gasteiger partial charge >= 0.3 is 0 Å². The molecule has 1 atom stereocenters. The number of benzene rings is 1. The Morgan fingerprint density at radius 1 is 1.22 bits per heavy atom. The van der Waals surface area contributed by atoms with Gasteiger partial charge < -0.3 is 15.5 Å². The van der Waals surface area contributed by atoms with Crippen molar-refractivity contribution < 1.29 is 22.9 Å². The SMILES string of the molecule is CCNC(=O)[C@H](C)NC(=O)C[NH+]1CCN(S(=O)(=O)c2ccc(Cl)cc2)CC1. The molecule has 0 spiro atoms. The van der Waals surface area contributed by atoms with Gasteiger partial charge in [0.15, 0.2) is 6.54 Å². The summed E-state index contributed by atoms with van der Waals surface area (Å²) in [6.45, 7) is 5.88. The zero-order valence-corrected chi connectivity index (χ0v) is 17.1. The summed E-state index contributed by atoms with van der Waals surface area (Å²) in [5.74, 6) is -0.447. The van der Waals surface area contributed by atoms with Crippen LogP contribution in [0.3, 0.4) is 0 Å². The molecule has 1 aromatic carbocycles. The third-order valence-electron chi connectivity index (χ3n) is 4.41. The number of hydrogen-bond donors (Lipinski definition) is 3. The highest BCUT2D eigenvalue weighted by molar-refractivity contribution is 7.89. The van der Waals surface area contributed by atoms with E-state index in [1.165, 1.54) is 16.4 Å². The number of amides is 2. The van der Waals surface area contributed by atoms with Crippen LogP contribution in [0.1, 0.15) is 13.8 Å². The molecule has 1 heterocycles. The highest BCUT2D eigenvalue weighted by atomic mass is 35.5. The van der Waals surface area contributed by atoms with E-state index in [0.29, 0.717) is 37.7 Å². The molecule has 1 aliphatic heterocycles. The molecule has 1 aliphatic rings. The first-order chi connectivity index (χ1) is 12.7. The van der Waals surface area contributed by atoms with E-state index in [2.05, 4.69) is 10.6 Å². The molecule has 0 unspecified atom stereocenters. The number of rotatable bonds is 7. The van der Waals surface area contributed by atoms with Gasteiger partial charge in [-0.05, 0) is 38.1 Å². The molecule has 0 radical (unpaired) electrons. The van der Waals surface area contributed by atoms with Crippen molar-refractivity contribution in [3.8, 4) is 0 Å². The standard InChI is InChI=1S/C17H25ClN4O4S/c1-3-19-17(24)13(2)20-16(23)12-21-8-10-22(11-9-21)27(25,26)15-6-4-14(18)5-7-15/h4-7,13H,3,8-12H2,1-2H3,(H,19,24)(H,20,23)/p+1/t13-/m0/s1. The van der Waals surface area contributed by atoms with Crippen LogP contribution in [0.2, 0.25) is 5.02 Å². The second-order valence-corrected chi connectivity index (χ2v) is 8.84. The predicted octanol–water partition coefficient (Wildman–Crippen LogP) is -1.13. The molecule has 0 bridgehead atoms. The number of carbonyl (C=O) groups is 2. The van der Waals surface area contributed by atoms with Gasteiger partial charge in [0.2, 0.25) is 15.9 Å². The fraction of sp³-hybridized carbons (Fsp3) is 0.529. The van der Waals surface area contributed by atoms with Crippen molar-refractivity contribution in [3.63, 3.8) is 0 Å². The van der Waals surface area contributed by atoms with Crippen molar-refractivity contribution in [2.75, 3.05) is 39.3 Å². The summed E-state index contributed by atoms with van der Waals surface area (Å²) in [6, 6.07) is 5.50. The van der Waals surface area contributed by atoms with E-state index in [1.54, 1.807) is 19.1 Å². The fourth-order valence-electron chi connectivity index (χ4n) is 2.89. The summed E-state index contributed by atoms with van der Waals surface area (Å²) in [4.78, 5) is 25.0. The van der Waals surface area contributed by atoms with Crippen molar-refractivity contribution in [1.29, 1.82) is 0 Å². The van der Waals surface area contributed by atoms with Crippen LogP contribution in [-0.4, -0.2) is 69.8 Å². The molecular weight excluding hydrogens is 392 g/mol. The number of quaternary nitrogens is 1. The maximum atomic E-state index is 12.7. The number of nitrogens with one attached hydrogen (secondary N) is 3. The summed E-state index contributed by atoms with van der Waals surface area (Å²) < 4.78 is 26.7. The Labute approximate surface area is 164 Å². The molecule has 0 aliphatic carbocycles. The second kappa shape index (κ2) is 9.50. The Morgan fingerprint density at radius 3 is 2.37 bits per heavy atom. The average Bonchev–Trinajstić information content (AvgIpc) is 2.62. The zero-order valence-electron chi connectivity index (χ0n) is 15.5. The van der Waals surface area contributed by atoms with Crippen molar-refractivity contribution in [1.82, 2.24) is 14.9 Å². The zero-order chi connectivity index (χ0) is 20.0. The van der Waals surface area contributed by atoms with Crippen LogP contribution in [0.5, 0.6) is 0 Å². The predicted molar refractivity (Wildman–Crippen MR) is 102 cm³/mol. The number of halogens is 1. The van der Waals surface area contributed by atoms with E-state index in [9.17, 15) is 18.0 Å². The highest BCUT2D eigenvalue weighted by Gasteiger charge is 2.31. The van der Waals surface area contributed by atoms with Gasteiger partial charge in [0.05, 0.1) is 31.1 Å². The molecule has 0 aromatic heterocycles. The monoisotopic (exact) mass is 417 g/mol. The molecule has 3 N–H and O–H groups in total. The fourth-order valence-corrected chi connectivity index (χ4v) is 4.46. The molecule has 10 heteroatoms. The molecule has 1 fully saturated rings. The first kappa shape index (κ1) is 21.6. The molecule has 150 valence electrons. The number of carbonyl (C=O) groups excluding carboxylic acids is 2. The largest absolute Gasteiger partial charge is 0.355 e. The minimum atomic E-state index is -3.56. The van der Waals surface area contributed by atoms with Crippen LogP contribution in [0.4, 0.5) is 0 Å². The number of piperazine rings is 1. The van der Waals surface area contributed by atoms with Crippen molar-refractivity contribution in [2.45, 2.75) is 24.8 Å². The van der Waals surface area contributed by atoms with Crippen molar-refractivity contribution in [2.24, 2.45) is 0 Å². The Bertz CT molecular complexity index is 762. The maximum Gasteiger partial charge on any atom is 0.275 e. The summed E-state index contributed by atoms with van der Waals surface area (Å²) in [7, 11) is -3.56. The molecular formula is C17H26ClN4O4S+. The van der Waals surface area contributed by atoms with Gasteiger partial charge in [0, 0.05) is 11.6 Å². The molecule has 1 aromatic rings. The van der Waals surface area contributed by atoms with E-state index in [-0.39, 0.29) is 23.3 Å². The normalized spacial score (nSPS) is 17.3. The van der Waals surface area contributed by atoms with Crippen LogP contribution in [0.25, 0.3) is 0 Å². The molecule has 1 saturated heterocycles. The molecule has 2 rings (SSSR count). The minimum Gasteiger partial charge on any atom is -0.355 e. The number of sulfonamides is 1. The summed E-state index contributed by atoms with van der Waals surface area (Å²) in [5, 5.41) is 5.80. The van der Waals surface area contributed by atoms with E-state index < -0.39 is 16.1 Å². The second-order valence-electron chi connectivity index (χ2n) is 6.47. The molecule has 8 nitrogen and oxygen atoms in total. The van der Waals surface area contributed by atoms with Gasteiger partial charge in [-0.2, -0.15) is 4.31 Å². The van der Waals surface area contributed by atoms with Gasteiger partial charge in [-0.15, -0.1) is 0 Å². The van der Waals surface area contributed by atoms with Gasteiger partial charge in [-0.1, -0.05) is 11.6 Å². The van der Waals surface area contributed by atoms with Gasteiger partial charge in [0.1, 0.15) is 6.04 Å². The number of likely N-dealkylation sites (N-methyl/N-ethyl adjacent to an activating group) is 1. The molecule has 27 heavy (non-hydrogen) atoms. The van der Waals surface area contributed by atoms with E-state index in [0.717, 1.165) is 4.90 Å². The van der Waals surface area contributed by atoms with Crippen LogP contribution in [0.15, 0.2) is 29.2 Å². The third-order valence-corrected chi connectivity index (χ3v) is 6.58. The van der Waals surface area contributed by atoms with Crippen molar-refractivity contribution in [3.05, 3.63) is 29.3 Å². The third kappa shape index (κ3) is 5.90.